The molecule has 3 aliphatic carbocycles. The molecule has 3 aliphatic rings. The Balaban J connectivity index is 0.00000289. The molecule has 0 amide bonds. The minimum absolute atomic E-state index is 0. The Bertz CT molecular complexity index is 1000. The number of fused-ring (bicyclic) bond motifs is 5. The van der Waals surface area contributed by atoms with Gasteiger partial charge < -0.3 is 19.5 Å². The molecule has 1 N–H and O–H groups in total. The number of hydrogen-bond acceptors (Lipinski definition) is 5. The Morgan fingerprint density at radius 2 is 1.80 bits per heavy atom. The van der Waals surface area contributed by atoms with E-state index >= 15 is 0 Å². The van der Waals surface area contributed by atoms with Crippen LogP contribution in [0.3, 0.4) is 0 Å². The van der Waals surface area contributed by atoms with Crippen molar-refractivity contribution in [2.24, 2.45) is 17.3 Å². The quantitative estimate of drug-likeness (QED) is 0.405. The van der Waals surface area contributed by atoms with Crippen LogP contribution in [-0.2, 0) is 6.42 Å². The van der Waals surface area contributed by atoms with Gasteiger partial charge in [0.15, 0.2) is 0 Å². The summed E-state index contributed by atoms with van der Waals surface area (Å²) in [6.45, 7) is 3.97. The van der Waals surface area contributed by atoms with E-state index in [1.807, 2.05) is 11.8 Å². The van der Waals surface area contributed by atoms with Gasteiger partial charge in [-0.3, -0.25) is 0 Å². The number of nitrogens with zero attached hydrogens (tertiary/aromatic N) is 1. The molecule has 0 aromatic heterocycles. The van der Waals surface area contributed by atoms with Crippen LogP contribution in [0.25, 0.3) is 0 Å². The molecule has 2 fully saturated rings. The topological polar surface area (TPSA) is 41.9 Å². The SMILES string of the molecule is COc1ccc2c(c1)CC(Sc1ccc(OCCN(C)C)cc1)C1C2CC[C@]2(C)C(O)CCC12.[Ac]. The Morgan fingerprint density at radius 3 is 2.51 bits per heavy atom. The van der Waals surface area contributed by atoms with Crippen molar-refractivity contribution in [2.75, 3.05) is 34.4 Å². The Labute approximate surface area is 251 Å². The maximum atomic E-state index is 10.9. The van der Waals surface area contributed by atoms with Crippen molar-refractivity contribution in [3.8, 4) is 11.5 Å². The van der Waals surface area contributed by atoms with Gasteiger partial charge in [-0.15, -0.1) is 11.8 Å². The van der Waals surface area contributed by atoms with Crippen molar-refractivity contribution >= 4 is 11.8 Å². The fourth-order valence-corrected chi connectivity index (χ4v) is 8.35. The summed E-state index contributed by atoms with van der Waals surface area (Å²) < 4.78 is 11.5. The van der Waals surface area contributed by atoms with Gasteiger partial charge in [0, 0.05) is 60.8 Å². The molecule has 1 radical (unpaired) electrons. The minimum Gasteiger partial charge on any atom is -0.497 e. The standard InChI is InChI=1S/C29H39NO3S.Ac/c1-29-14-13-24-23-10-7-21(32-4)17-19(23)18-26(28(24)25(29)11-12-27(29)31)34-22-8-5-20(6-9-22)33-16-15-30(2)3;/h5-10,17,24-28,31H,11-16,18H2,1-4H3;/t24?,25?,26?,27?,28?,29-;/m0./s1. The van der Waals surface area contributed by atoms with Gasteiger partial charge in [0.1, 0.15) is 18.1 Å². The molecule has 6 heteroatoms. The van der Waals surface area contributed by atoms with Crippen LogP contribution >= 0.6 is 11.8 Å². The average molecular weight is 709 g/mol. The van der Waals surface area contributed by atoms with Gasteiger partial charge in [-0.1, -0.05) is 13.0 Å². The Hall–Kier alpha value is -0.248. The number of methoxy groups -OCH3 is 1. The predicted octanol–water partition coefficient (Wildman–Crippen LogP) is 5.62. The predicted molar refractivity (Wildman–Crippen MR) is 139 cm³/mol. The van der Waals surface area contributed by atoms with Gasteiger partial charge in [-0.05, 0) is 117 Å². The first-order valence-electron chi connectivity index (χ1n) is 12.8. The summed E-state index contributed by atoms with van der Waals surface area (Å²) in [7, 11) is 5.88. The van der Waals surface area contributed by atoms with Crippen LogP contribution in [0.2, 0.25) is 0 Å². The van der Waals surface area contributed by atoms with Crippen LogP contribution in [0.5, 0.6) is 11.5 Å². The second-order valence-corrected chi connectivity index (χ2v) is 12.3. The molecule has 2 saturated carbocycles. The maximum absolute atomic E-state index is 10.9. The molecule has 2 aromatic carbocycles. The van der Waals surface area contributed by atoms with Crippen molar-refractivity contribution in [3.05, 3.63) is 53.6 Å². The smallest absolute Gasteiger partial charge is 0.119 e. The van der Waals surface area contributed by atoms with Crippen LogP contribution in [-0.4, -0.2) is 55.7 Å². The molecule has 35 heavy (non-hydrogen) atoms. The first-order chi connectivity index (χ1) is 16.4. The zero-order chi connectivity index (χ0) is 23.9. The normalized spacial score (nSPS) is 31.2. The number of aliphatic hydroxyl groups is 1. The van der Waals surface area contributed by atoms with Crippen molar-refractivity contribution in [3.63, 3.8) is 0 Å². The van der Waals surface area contributed by atoms with E-state index in [0.717, 1.165) is 43.7 Å². The summed E-state index contributed by atoms with van der Waals surface area (Å²) in [5.41, 5.74) is 3.04. The Morgan fingerprint density at radius 1 is 1.06 bits per heavy atom. The second-order valence-electron chi connectivity index (χ2n) is 11.0. The molecule has 0 bridgehead atoms. The van der Waals surface area contributed by atoms with Crippen LogP contribution in [0, 0.1) is 61.3 Å². The zero-order valence-corrected chi connectivity index (χ0v) is 27.1. The summed E-state index contributed by atoms with van der Waals surface area (Å²) in [4.78, 5) is 3.44. The number of hydrogen-bond donors (Lipinski definition) is 1. The summed E-state index contributed by atoms with van der Waals surface area (Å²) in [5, 5.41) is 11.4. The van der Waals surface area contributed by atoms with Crippen molar-refractivity contribution in [1.82, 2.24) is 4.90 Å². The number of aliphatic hydroxyl groups excluding tert-OH is 1. The largest absolute Gasteiger partial charge is 0.497 e. The van der Waals surface area contributed by atoms with E-state index < -0.39 is 0 Å². The molecule has 5 rings (SSSR count). The number of thioether (sulfide) groups is 1. The number of rotatable bonds is 7. The summed E-state index contributed by atoms with van der Waals surface area (Å²) in [5.74, 6) is 3.65. The third-order valence-corrected chi connectivity index (χ3v) is 10.1. The van der Waals surface area contributed by atoms with E-state index in [9.17, 15) is 5.11 Å². The molecular formula is C29H39AcNO3S. The number of ether oxygens (including phenoxy) is 2. The van der Waals surface area contributed by atoms with Crippen LogP contribution in [0.1, 0.15) is 49.7 Å². The molecule has 2 aromatic rings. The summed E-state index contributed by atoms with van der Waals surface area (Å²) in [6.07, 6.45) is 5.31. The van der Waals surface area contributed by atoms with Gasteiger partial charge in [0.2, 0.25) is 0 Å². The fourth-order valence-electron chi connectivity index (χ4n) is 6.90. The van der Waals surface area contributed by atoms with E-state index in [1.165, 1.54) is 22.4 Å². The van der Waals surface area contributed by atoms with Gasteiger partial charge in [-0.25, -0.2) is 0 Å². The van der Waals surface area contributed by atoms with E-state index in [0.29, 0.717) is 29.6 Å². The van der Waals surface area contributed by atoms with Crippen molar-refractivity contribution in [1.29, 1.82) is 0 Å². The van der Waals surface area contributed by atoms with E-state index in [4.69, 9.17) is 9.47 Å². The Kier molecular flexibility index (Phi) is 9.24. The molecule has 0 saturated heterocycles. The van der Waals surface area contributed by atoms with Gasteiger partial charge in [0.25, 0.3) is 0 Å². The second kappa shape index (κ2) is 11.6. The molecule has 4 nitrogen and oxygen atoms in total. The van der Waals surface area contributed by atoms with Crippen LogP contribution < -0.4 is 9.47 Å². The molecule has 0 heterocycles. The molecule has 5 unspecified atom stereocenters. The first kappa shape index (κ1) is 27.8. The minimum atomic E-state index is -0.153. The van der Waals surface area contributed by atoms with Crippen molar-refractivity contribution in [2.45, 2.75) is 61.2 Å². The van der Waals surface area contributed by atoms with Crippen LogP contribution in [0.4, 0.5) is 0 Å². The zero-order valence-electron chi connectivity index (χ0n) is 21.6. The molecule has 187 valence electrons. The maximum Gasteiger partial charge on any atom is 0.119 e. The fraction of sp³-hybridized carbons (Fsp3) is 0.586. The summed E-state index contributed by atoms with van der Waals surface area (Å²) >= 11 is 2.03. The molecule has 0 aliphatic heterocycles. The molecule has 0 spiro atoms. The molecular weight excluding hydrogens is 669 g/mol. The van der Waals surface area contributed by atoms with Gasteiger partial charge in [0.05, 0.1) is 13.2 Å². The van der Waals surface area contributed by atoms with Crippen LogP contribution in [0.15, 0.2) is 47.4 Å². The first-order valence-corrected chi connectivity index (χ1v) is 13.7. The summed E-state index contributed by atoms with van der Waals surface area (Å²) in [6, 6.07) is 15.4. The van der Waals surface area contributed by atoms with Crippen molar-refractivity contribution < 1.29 is 58.6 Å². The average Bonchev–Trinajstić information content (AvgIpc) is 3.13. The van der Waals surface area contributed by atoms with E-state index in [-0.39, 0.29) is 55.6 Å². The molecule has 6 atom stereocenters. The van der Waals surface area contributed by atoms with Gasteiger partial charge in [-0.2, -0.15) is 0 Å². The van der Waals surface area contributed by atoms with E-state index in [2.05, 4.69) is 68.4 Å². The van der Waals surface area contributed by atoms with E-state index in [1.54, 1.807) is 7.11 Å². The number of benzene rings is 2. The monoisotopic (exact) mass is 708 g/mol. The third kappa shape index (κ3) is 5.63. The number of likely N-dealkylation sites (N-methyl/N-ethyl adjacent to an activating group) is 1. The van der Waals surface area contributed by atoms with Gasteiger partial charge >= 0.3 is 0 Å². The third-order valence-electron chi connectivity index (χ3n) is 8.80.